The summed E-state index contributed by atoms with van der Waals surface area (Å²) in [6.07, 6.45) is -0.404. The van der Waals surface area contributed by atoms with Crippen molar-refractivity contribution in [2.24, 2.45) is 0 Å². The normalized spacial score (nSPS) is 12.0. The second-order valence-corrected chi connectivity index (χ2v) is 4.34. The molecule has 0 aromatic heterocycles. The zero-order valence-corrected chi connectivity index (χ0v) is 10.7. The minimum atomic E-state index is -0.404. The standard InChI is InChI=1S/C12H18N2OS/c1-8-5-4-6-11(10(8)3)14-12(16)13-7-9(2)15/h4-6,9,15H,7H2,1-3H3,(H2,13,14,16). The number of benzene rings is 1. The lowest BCUT2D eigenvalue weighted by Crippen LogP contribution is -2.34. The predicted octanol–water partition coefficient (Wildman–Crippen LogP) is 1.97. The van der Waals surface area contributed by atoms with Gasteiger partial charge in [-0.15, -0.1) is 0 Å². The van der Waals surface area contributed by atoms with Crippen LogP contribution in [0.15, 0.2) is 18.2 Å². The zero-order valence-electron chi connectivity index (χ0n) is 9.87. The fraction of sp³-hybridized carbons (Fsp3) is 0.417. The van der Waals surface area contributed by atoms with E-state index in [1.54, 1.807) is 6.92 Å². The Labute approximate surface area is 102 Å². The smallest absolute Gasteiger partial charge is 0.170 e. The first-order chi connectivity index (χ1) is 7.50. The van der Waals surface area contributed by atoms with Crippen LogP contribution in [0.1, 0.15) is 18.1 Å². The second-order valence-electron chi connectivity index (χ2n) is 3.93. The molecule has 1 aromatic carbocycles. The van der Waals surface area contributed by atoms with Crippen molar-refractivity contribution in [1.29, 1.82) is 0 Å². The molecule has 0 radical (unpaired) electrons. The summed E-state index contributed by atoms with van der Waals surface area (Å²) in [6, 6.07) is 6.04. The van der Waals surface area contributed by atoms with E-state index in [0.717, 1.165) is 5.69 Å². The van der Waals surface area contributed by atoms with Gasteiger partial charge in [-0.1, -0.05) is 12.1 Å². The molecule has 16 heavy (non-hydrogen) atoms. The van der Waals surface area contributed by atoms with Crippen LogP contribution in [-0.2, 0) is 0 Å². The maximum atomic E-state index is 9.12. The van der Waals surface area contributed by atoms with Crippen molar-refractivity contribution in [3.63, 3.8) is 0 Å². The van der Waals surface area contributed by atoms with Crippen LogP contribution in [0.2, 0.25) is 0 Å². The number of rotatable bonds is 3. The van der Waals surface area contributed by atoms with Gasteiger partial charge in [-0.05, 0) is 50.2 Å². The maximum Gasteiger partial charge on any atom is 0.170 e. The summed E-state index contributed by atoms with van der Waals surface area (Å²) < 4.78 is 0. The van der Waals surface area contributed by atoms with E-state index < -0.39 is 6.10 Å². The molecule has 1 atom stereocenters. The molecule has 0 aliphatic carbocycles. The summed E-state index contributed by atoms with van der Waals surface area (Å²) in [6.45, 7) is 6.28. The fourth-order valence-corrected chi connectivity index (χ4v) is 1.49. The second kappa shape index (κ2) is 5.82. The van der Waals surface area contributed by atoms with Crippen LogP contribution in [0, 0.1) is 13.8 Å². The Morgan fingerprint density at radius 3 is 2.75 bits per heavy atom. The van der Waals surface area contributed by atoms with Gasteiger partial charge in [-0.2, -0.15) is 0 Å². The molecule has 0 amide bonds. The first-order valence-electron chi connectivity index (χ1n) is 5.30. The molecule has 0 saturated carbocycles. The van der Waals surface area contributed by atoms with E-state index in [-0.39, 0.29) is 0 Å². The highest BCUT2D eigenvalue weighted by Gasteiger charge is 2.03. The van der Waals surface area contributed by atoms with Crippen molar-refractivity contribution < 1.29 is 5.11 Å². The lowest BCUT2D eigenvalue weighted by atomic mass is 10.1. The SMILES string of the molecule is Cc1cccc(NC(=S)NCC(C)O)c1C. The van der Waals surface area contributed by atoms with Crippen LogP contribution >= 0.6 is 12.2 Å². The molecule has 0 saturated heterocycles. The lowest BCUT2D eigenvalue weighted by Gasteiger charge is -2.14. The molecule has 0 aliphatic rings. The highest BCUT2D eigenvalue weighted by atomic mass is 32.1. The van der Waals surface area contributed by atoms with Gasteiger partial charge in [0.2, 0.25) is 0 Å². The van der Waals surface area contributed by atoms with Crippen LogP contribution in [0.25, 0.3) is 0 Å². The van der Waals surface area contributed by atoms with Crippen molar-refractivity contribution in [3.05, 3.63) is 29.3 Å². The summed E-state index contributed by atoms with van der Waals surface area (Å²) in [5, 5.41) is 15.7. The van der Waals surface area contributed by atoms with Crippen LogP contribution in [-0.4, -0.2) is 22.9 Å². The van der Waals surface area contributed by atoms with Crippen molar-refractivity contribution >= 4 is 23.0 Å². The highest BCUT2D eigenvalue weighted by Crippen LogP contribution is 2.17. The molecular weight excluding hydrogens is 220 g/mol. The van der Waals surface area contributed by atoms with Gasteiger partial charge in [0.25, 0.3) is 0 Å². The quantitative estimate of drug-likeness (QED) is 0.705. The molecule has 0 fully saturated rings. The van der Waals surface area contributed by atoms with Gasteiger partial charge < -0.3 is 15.7 Å². The van der Waals surface area contributed by atoms with Crippen LogP contribution in [0.3, 0.4) is 0 Å². The number of nitrogens with one attached hydrogen (secondary N) is 2. The molecule has 3 nitrogen and oxygen atoms in total. The van der Waals surface area contributed by atoms with E-state index in [1.165, 1.54) is 11.1 Å². The third-order valence-electron chi connectivity index (χ3n) is 2.41. The number of hydrogen-bond acceptors (Lipinski definition) is 2. The van der Waals surface area contributed by atoms with Crippen LogP contribution in [0.4, 0.5) is 5.69 Å². The Hall–Kier alpha value is -1.13. The Morgan fingerprint density at radius 2 is 2.12 bits per heavy atom. The molecule has 0 aliphatic heterocycles. The Kier molecular flexibility index (Phi) is 4.71. The lowest BCUT2D eigenvalue weighted by molar-refractivity contribution is 0.198. The molecule has 1 aromatic rings. The molecule has 4 heteroatoms. The van der Waals surface area contributed by atoms with E-state index in [0.29, 0.717) is 11.7 Å². The van der Waals surface area contributed by atoms with E-state index in [4.69, 9.17) is 17.3 Å². The average Bonchev–Trinajstić information content (AvgIpc) is 2.22. The largest absolute Gasteiger partial charge is 0.392 e. The highest BCUT2D eigenvalue weighted by molar-refractivity contribution is 7.80. The van der Waals surface area contributed by atoms with E-state index >= 15 is 0 Å². The molecule has 1 rings (SSSR count). The number of hydrogen-bond donors (Lipinski definition) is 3. The van der Waals surface area contributed by atoms with E-state index in [1.807, 2.05) is 12.1 Å². The van der Waals surface area contributed by atoms with Gasteiger partial charge in [0.05, 0.1) is 6.10 Å². The summed E-state index contributed by atoms with van der Waals surface area (Å²) in [4.78, 5) is 0. The molecule has 0 heterocycles. The van der Waals surface area contributed by atoms with Gasteiger partial charge in [-0.3, -0.25) is 0 Å². The van der Waals surface area contributed by atoms with Crippen molar-refractivity contribution in [2.45, 2.75) is 26.9 Å². The zero-order chi connectivity index (χ0) is 12.1. The number of aliphatic hydroxyl groups is 1. The maximum absolute atomic E-state index is 9.12. The molecule has 1 unspecified atom stereocenters. The van der Waals surface area contributed by atoms with Gasteiger partial charge in [0.1, 0.15) is 0 Å². The third-order valence-corrected chi connectivity index (χ3v) is 2.66. The van der Waals surface area contributed by atoms with Gasteiger partial charge in [-0.25, -0.2) is 0 Å². The molecular formula is C12H18N2OS. The van der Waals surface area contributed by atoms with E-state index in [2.05, 4.69) is 30.5 Å². The number of thiocarbonyl (C=S) groups is 1. The monoisotopic (exact) mass is 238 g/mol. The topological polar surface area (TPSA) is 44.3 Å². The van der Waals surface area contributed by atoms with Gasteiger partial charge in [0, 0.05) is 12.2 Å². The van der Waals surface area contributed by atoms with Crippen molar-refractivity contribution in [1.82, 2.24) is 5.32 Å². The molecule has 3 N–H and O–H groups in total. The summed E-state index contributed by atoms with van der Waals surface area (Å²) in [7, 11) is 0. The Bertz CT molecular complexity index is 377. The summed E-state index contributed by atoms with van der Waals surface area (Å²) >= 11 is 5.12. The summed E-state index contributed by atoms with van der Waals surface area (Å²) in [5.74, 6) is 0. The van der Waals surface area contributed by atoms with Crippen LogP contribution in [0.5, 0.6) is 0 Å². The molecule has 88 valence electrons. The van der Waals surface area contributed by atoms with Crippen LogP contribution < -0.4 is 10.6 Å². The average molecular weight is 238 g/mol. The molecule has 0 spiro atoms. The Morgan fingerprint density at radius 1 is 1.44 bits per heavy atom. The fourth-order valence-electron chi connectivity index (χ4n) is 1.29. The first-order valence-corrected chi connectivity index (χ1v) is 5.70. The predicted molar refractivity (Wildman–Crippen MR) is 71.8 cm³/mol. The molecule has 0 bridgehead atoms. The first kappa shape index (κ1) is 12.9. The minimum Gasteiger partial charge on any atom is -0.392 e. The van der Waals surface area contributed by atoms with Gasteiger partial charge >= 0.3 is 0 Å². The Balaban J connectivity index is 2.59. The third kappa shape index (κ3) is 3.79. The van der Waals surface area contributed by atoms with E-state index in [9.17, 15) is 0 Å². The van der Waals surface area contributed by atoms with Crippen molar-refractivity contribution in [2.75, 3.05) is 11.9 Å². The number of aliphatic hydroxyl groups excluding tert-OH is 1. The summed E-state index contributed by atoms with van der Waals surface area (Å²) in [5.41, 5.74) is 3.41. The number of aryl methyl sites for hydroxylation is 1. The van der Waals surface area contributed by atoms with Gasteiger partial charge in [0.15, 0.2) is 5.11 Å². The van der Waals surface area contributed by atoms with Crippen molar-refractivity contribution in [3.8, 4) is 0 Å². The number of anilines is 1. The minimum absolute atomic E-state index is 0.404.